The summed E-state index contributed by atoms with van der Waals surface area (Å²) in [6.07, 6.45) is 0. The second-order valence-corrected chi connectivity index (χ2v) is 8.68. The maximum atomic E-state index is 12.9. The third-order valence-electron chi connectivity index (χ3n) is 5.38. The van der Waals surface area contributed by atoms with Crippen molar-refractivity contribution in [2.24, 2.45) is 0 Å². The Labute approximate surface area is 201 Å². The SMILES string of the molecule is O=C(Cn1c(-c2ccc(Cl)cc2)n[nH]c1=S)N1CCN(CCOc2ccccc2Cl)CC1. The summed E-state index contributed by atoms with van der Waals surface area (Å²) < 4.78 is 7.91. The van der Waals surface area contributed by atoms with Crippen LogP contribution in [0.25, 0.3) is 11.4 Å². The Morgan fingerprint density at radius 3 is 2.50 bits per heavy atom. The molecule has 10 heteroatoms. The number of nitrogens with zero attached hydrogens (tertiary/aromatic N) is 4. The van der Waals surface area contributed by atoms with E-state index in [9.17, 15) is 4.79 Å². The second kappa shape index (κ2) is 10.5. The zero-order chi connectivity index (χ0) is 22.5. The zero-order valence-electron chi connectivity index (χ0n) is 17.3. The Bertz CT molecular complexity index is 1120. The normalized spacial score (nSPS) is 14.5. The lowest BCUT2D eigenvalue weighted by Crippen LogP contribution is -2.50. The van der Waals surface area contributed by atoms with Crippen LogP contribution in [0.5, 0.6) is 5.75 Å². The predicted octanol–water partition coefficient (Wildman–Crippen LogP) is 4.14. The summed E-state index contributed by atoms with van der Waals surface area (Å²) in [7, 11) is 0. The molecule has 1 aromatic heterocycles. The molecule has 3 aromatic rings. The average Bonchev–Trinajstić information content (AvgIpc) is 3.16. The van der Waals surface area contributed by atoms with Crippen molar-refractivity contribution >= 4 is 41.3 Å². The van der Waals surface area contributed by atoms with E-state index >= 15 is 0 Å². The summed E-state index contributed by atoms with van der Waals surface area (Å²) in [6, 6.07) is 14.7. The van der Waals surface area contributed by atoms with Gasteiger partial charge in [-0.3, -0.25) is 19.4 Å². The number of nitrogens with one attached hydrogen (secondary N) is 1. The summed E-state index contributed by atoms with van der Waals surface area (Å²) in [6.45, 7) is 4.37. The molecule has 4 rings (SSSR count). The van der Waals surface area contributed by atoms with Gasteiger partial charge in [-0.1, -0.05) is 35.3 Å². The molecule has 0 unspecified atom stereocenters. The molecule has 0 saturated carbocycles. The number of benzene rings is 2. The number of carbonyl (C=O) groups excluding carboxylic acids is 1. The van der Waals surface area contributed by atoms with Gasteiger partial charge in [0.1, 0.15) is 18.9 Å². The van der Waals surface area contributed by atoms with E-state index in [-0.39, 0.29) is 12.5 Å². The number of halogens is 2. The van der Waals surface area contributed by atoms with Gasteiger partial charge in [0.05, 0.1) is 5.02 Å². The highest BCUT2D eigenvalue weighted by molar-refractivity contribution is 7.71. The molecule has 0 bridgehead atoms. The average molecular weight is 492 g/mol. The van der Waals surface area contributed by atoms with Crippen LogP contribution >= 0.6 is 35.4 Å². The molecule has 0 radical (unpaired) electrons. The number of rotatable bonds is 7. The van der Waals surface area contributed by atoms with Gasteiger partial charge in [0.2, 0.25) is 5.91 Å². The van der Waals surface area contributed by atoms with E-state index in [1.807, 2.05) is 41.3 Å². The van der Waals surface area contributed by atoms with Gasteiger partial charge in [-0.2, -0.15) is 5.10 Å². The van der Waals surface area contributed by atoms with Crippen molar-refractivity contribution in [1.29, 1.82) is 0 Å². The van der Waals surface area contributed by atoms with Gasteiger partial charge in [-0.15, -0.1) is 0 Å². The lowest BCUT2D eigenvalue weighted by atomic mass is 10.2. The number of piperazine rings is 1. The number of ether oxygens (including phenoxy) is 1. The van der Waals surface area contributed by atoms with E-state index < -0.39 is 0 Å². The fraction of sp³-hybridized carbons (Fsp3) is 0.318. The first-order chi connectivity index (χ1) is 15.5. The summed E-state index contributed by atoms with van der Waals surface area (Å²) in [5.74, 6) is 1.33. The molecule has 168 valence electrons. The Morgan fingerprint density at radius 1 is 1.06 bits per heavy atom. The Kier molecular flexibility index (Phi) is 7.47. The van der Waals surface area contributed by atoms with Gasteiger partial charge in [-0.25, -0.2) is 0 Å². The molecule has 1 amide bonds. The van der Waals surface area contributed by atoms with Crippen molar-refractivity contribution in [3.8, 4) is 17.1 Å². The van der Waals surface area contributed by atoms with Crippen molar-refractivity contribution in [2.45, 2.75) is 6.54 Å². The topological polar surface area (TPSA) is 66.4 Å². The minimum absolute atomic E-state index is 0.0182. The summed E-state index contributed by atoms with van der Waals surface area (Å²) in [4.78, 5) is 17.1. The first-order valence-corrected chi connectivity index (χ1v) is 11.5. The van der Waals surface area contributed by atoms with Crippen LogP contribution in [0.2, 0.25) is 10.0 Å². The fourth-order valence-corrected chi connectivity index (χ4v) is 4.10. The van der Waals surface area contributed by atoms with Crippen molar-refractivity contribution < 1.29 is 9.53 Å². The van der Waals surface area contributed by atoms with Crippen LogP contribution in [0.4, 0.5) is 0 Å². The number of aromatic amines is 1. The molecule has 1 aliphatic rings. The van der Waals surface area contributed by atoms with Crippen LogP contribution in [0, 0.1) is 4.77 Å². The van der Waals surface area contributed by atoms with E-state index in [1.165, 1.54) is 0 Å². The molecule has 0 spiro atoms. The van der Waals surface area contributed by atoms with E-state index in [0.717, 1.165) is 25.2 Å². The van der Waals surface area contributed by atoms with Gasteiger partial charge in [-0.05, 0) is 48.6 Å². The van der Waals surface area contributed by atoms with Crippen LogP contribution in [-0.4, -0.2) is 69.8 Å². The van der Waals surface area contributed by atoms with Crippen molar-refractivity contribution in [3.63, 3.8) is 0 Å². The van der Waals surface area contributed by atoms with Crippen molar-refractivity contribution in [1.82, 2.24) is 24.6 Å². The Morgan fingerprint density at radius 2 is 1.78 bits per heavy atom. The highest BCUT2D eigenvalue weighted by Crippen LogP contribution is 2.23. The summed E-state index contributed by atoms with van der Waals surface area (Å²) >= 11 is 17.4. The standard InChI is InChI=1S/C22H23Cl2N5O2S/c23-17-7-5-16(6-8-17)21-25-26-22(32)29(21)15-20(30)28-11-9-27(10-12-28)13-14-31-19-4-2-1-3-18(19)24/h1-8H,9-15H2,(H,26,32). The van der Waals surface area contributed by atoms with E-state index in [1.54, 1.807) is 16.7 Å². The molecular weight excluding hydrogens is 469 g/mol. The molecule has 1 fully saturated rings. The fourth-order valence-electron chi connectivity index (χ4n) is 3.59. The third-order valence-corrected chi connectivity index (χ3v) is 6.26. The quantitative estimate of drug-likeness (QED) is 0.503. The van der Waals surface area contributed by atoms with Crippen LogP contribution in [0.15, 0.2) is 48.5 Å². The van der Waals surface area contributed by atoms with Crippen LogP contribution in [0.3, 0.4) is 0 Å². The van der Waals surface area contributed by atoms with E-state index in [0.29, 0.717) is 46.1 Å². The maximum absolute atomic E-state index is 12.9. The van der Waals surface area contributed by atoms with Gasteiger partial charge in [0, 0.05) is 43.3 Å². The molecule has 0 atom stereocenters. The van der Waals surface area contributed by atoms with Gasteiger partial charge in [0.15, 0.2) is 10.6 Å². The largest absolute Gasteiger partial charge is 0.491 e. The summed E-state index contributed by atoms with van der Waals surface area (Å²) in [5.41, 5.74) is 0.845. The number of aromatic nitrogens is 3. The molecule has 1 aliphatic heterocycles. The summed E-state index contributed by atoms with van der Waals surface area (Å²) in [5, 5.41) is 8.33. The smallest absolute Gasteiger partial charge is 0.242 e. The number of amides is 1. The predicted molar refractivity (Wildman–Crippen MR) is 128 cm³/mol. The number of hydrogen-bond donors (Lipinski definition) is 1. The van der Waals surface area contributed by atoms with Crippen LogP contribution < -0.4 is 4.74 Å². The Hall–Kier alpha value is -2.39. The monoisotopic (exact) mass is 491 g/mol. The van der Waals surface area contributed by atoms with Gasteiger partial charge < -0.3 is 9.64 Å². The van der Waals surface area contributed by atoms with Crippen LogP contribution in [0.1, 0.15) is 0 Å². The lowest BCUT2D eigenvalue weighted by molar-refractivity contribution is -0.133. The number of H-pyrrole nitrogens is 1. The number of hydrogen-bond acceptors (Lipinski definition) is 5. The van der Waals surface area contributed by atoms with E-state index in [4.69, 9.17) is 40.2 Å². The minimum atomic E-state index is 0.0182. The molecule has 32 heavy (non-hydrogen) atoms. The van der Waals surface area contributed by atoms with Gasteiger partial charge >= 0.3 is 0 Å². The van der Waals surface area contributed by atoms with Crippen LogP contribution in [-0.2, 0) is 11.3 Å². The molecule has 2 heterocycles. The van der Waals surface area contributed by atoms with Crippen molar-refractivity contribution in [3.05, 3.63) is 63.3 Å². The highest BCUT2D eigenvalue weighted by Gasteiger charge is 2.22. The minimum Gasteiger partial charge on any atom is -0.491 e. The highest BCUT2D eigenvalue weighted by atomic mass is 35.5. The third kappa shape index (κ3) is 5.50. The zero-order valence-corrected chi connectivity index (χ0v) is 19.7. The maximum Gasteiger partial charge on any atom is 0.242 e. The molecule has 1 saturated heterocycles. The molecule has 1 N–H and O–H groups in total. The first kappa shape index (κ1) is 22.8. The van der Waals surface area contributed by atoms with Gasteiger partial charge in [0.25, 0.3) is 0 Å². The number of para-hydroxylation sites is 1. The molecule has 7 nitrogen and oxygen atoms in total. The first-order valence-electron chi connectivity index (χ1n) is 10.3. The Balaban J connectivity index is 1.29. The second-order valence-electron chi connectivity index (χ2n) is 7.45. The molecule has 0 aliphatic carbocycles. The van der Waals surface area contributed by atoms with Crippen molar-refractivity contribution in [2.75, 3.05) is 39.3 Å². The van der Waals surface area contributed by atoms with E-state index in [2.05, 4.69) is 15.1 Å². The molecular formula is C22H23Cl2N5O2S. The lowest BCUT2D eigenvalue weighted by Gasteiger charge is -2.34. The number of carbonyl (C=O) groups is 1. The molecule has 2 aromatic carbocycles.